The monoisotopic (exact) mass is 208 g/mol. The summed E-state index contributed by atoms with van der Waals surface area (Å²) in [4.78, 5) is 0. The molecule has 0 spiro atoms. The fourth-order valence-electron chi connectivity index (χ4n) is 2.14. The molecule has 0 amide bonds. The van der Waals surface area contributed by atoms with Crippen LogP contribution in [0.25, 0.3) is 0 Å². The van der Waals surface area contributed by atoms with E-state index in [-0.39, 0.29) is 0 Å². The Morgan fingerprint density at radius 2 is 2.27 bits per heavy atom. The SMILES string of the molecule is CC(N)CCCc1nnc2n1CCCC2. The van der Waals surface area contributed by atoms with Crippen LogP contribution in [0.3, 0.4) is 0 Å². The summed E-state index contributed by atoms with van der Waals surface area (Å²) in [6.45, 7) is 3.16. The number of nitrogens with two attached hydrogens (primary N) is 1. The van der Waals surface area contributed by atoms with Crippen LogP contribution >= 0.6 is 0 Å². The second kappa shape index (κ2) is 4.75. The van der Waals surface area contributed by atoms with Crippen molar-refractivity contribution < 1.29 is 0 Å². The van der Waals surface area contributed by atoms with Crippen LogP contribution in [-0.4, -0.2) is 20.8 Å². The molecule has 0 fully saturated rings. The van der Waals surface area contributed by atoms with Gasteiger partial charge in [0.1, 0.15) is 11.6 Å². The third-order valence-electron chi connectivity index (χ3n) is 3.00. The summed E-state index contributed by atoms with van der Waals surface area (Å²) in [5.74, 6) is 2.34. The molecule has 15 heavy (non-hydrogen) atoms. The minimum absolute atomic E-state index is 0.300. The molecule has 84 valence electrons. The zero-order valence-electron chi connectivity index (χ0n) is 9.45. The van der Waals surface area contributed by atoms with Crippen LogP contribution in [0.1, 0.15) is 44.3 Å². The van der Waals surface area contributed by atoms with E-state index in [9.17, 15) is 0 Å². The number of aromatic nitrogens is 3. The predicted molar refractivity (Wildman–Crippen MR) is 59.5 cm³/mol. The van der Waals surface area contributed by atoms with Crippen molar-refractivity contribution in [2.24, 2.45) is 5.73 Å². The highest BCUT2D eigenvalue weighted by Gasteiger charge is 2.14. The Morgan fingerprint density at radius 3 is 3.07 bits per heavy atom. The number of hydrogen-bond donors (Lipinski definition) is 1. The van der Waals surface area contributed by atoms with Crippen molar-refractivity contribution >= 4 is 0 Å². The predicted octanol–water partition coefficient (Wildman–Crippen LogP) is 1.28. The fraction of sp³-hybridized carbons (Fsp3) is 0.818. The molecule has 0 aromatic carbocycles. The summed E-state index contributed by atoms with van der Waals surface area (Å²) >= 11 is 0. The number of fused-ring (bicyclic) bond motifs is 1. The number of rotatable bonds is 4. The lowest BCUT2D eigenvalue weighted by atomic mass is 10.1. The average molecular weight is 208 g/mol. The first-order valence-electron chi connectivity index (χ1n) is 5.94. The minimum Gasteiger partial charge on any atom is -0.328 e. The molecule has 4 heteroatoms. The van der Waals surface area contributed by atoms with Crippen molar-refractivity contribution in [2.75, 3.05) is 0 Å². The maximum Gasteiger partial charge on any atom is 0.132 e. The average Bonchev–Trinajstić information content (AvgIpc) is 2.62. The second-order valence-corrected chi connectivity index (χ2v) is 4.51. The Morgan fingerprint density at radius 1 is 1.40 bits per heavy atom. The van der Waals surface area contributed by atoms with Gasteiger partial charge in [-0.15, -0.1) is 10.2 Å². The molecule has 0 radical (unpaired) electrons. The molecule has 1 aliphatic heterocycles. The molecule has 1 atom stereocenters. The Labute approximate surface area is 90.9 Å². The summed E-state index contributed by atoms with van der Waals surface area (Å²) in [6.07, 6.45) is 6.84. The van der Waals surface area contributed by atoms with Gasteiger partial charge in [-0.2, -0.15) is 0 Å². The molecule has 0 saturated carbocycles. The van der Waals surface area contributed by atoms with Crippen LogP contribution in [0.4, 0.5) is 0 Å². The Bertz CT molecular complexity index is 316. The lowest BCUT2D eigenvalue weighted by Crippen LogP contribution is -2.16. The lowest BCUT2D eigenvalue weighted by molar-refractivity contribution is 0.500. The summed E-state index contributed by atoms with van der Waals surface area (Å²) < 4.78 is 2.30. The Balaban J connectivity index is 1.94. The molecule has 2 heterocycles. The first-order chi connectivity index (χ1) is 7.27. The van der Waals surface area contributed by atoms with Gasteiger partial charge >= 0.3 is 0 Å². The van der Waals surface area contributed by atoms with E-state index in [1.165, 1.54) is 18.7 Å². The molecule has 4 nitrogen and oxygen atoms in total. The van der Waals surface area contributed by atoms with Gasteiger partial charge in [-0.05, 0) is 32.6 Å². The molecule has 1 aromatic heterocycles. The van der Waals surface area contributed by atoms with E-state index in [1.54, 1.807) is 0 Å². The van der Waals surface area contributed by atoms with Crippen molar-refractivity contribution in [1.82, 2.24) is 14.8 Å². The van der Waals surface area contributed by atoms with E-state index in [2.05, 4.69) is 21.7 Å². The maximum absolute atomic E-state index is 5.73. The van der Waals surface area contributed by atoms with Gasteiger partial charge in [-0.1, -0.05) is 0 Å². The van der Waals surface area contributed by atoms with Crippen molar-refractivity contribution in [2.45, 2.75) is 58.0 Å². The van der Waals surface area contributed by atoms with E-state index in [1.807, 2.05) is 0 Å². The van der Waals surface area contributed by atoms with Crippen LogP contribution in [0.5, 0.6) is 0 Å². The van der Waals surface area contributed by atoms with Crippen LogP contribution in [0.15, 0.2) is 0 Å². The summed E-state index contributed by atoms with van der Waals surface area (Å²) in [5, 5.41) is 8.50. The third kappa shape index (κ3) is 2.56. The van der Waals surface area contributed by atoms with Gasteiger partial charge in [0.05, 0.1) is 0 Å². The van der Waals surface area contributed by atoms with Gasteiger partial charge in [0, 0.05) is 25.4 Å². The van der Waals surface area contributed by atoms with Crippen LogP contribution < -0.4 is 5.73 Å². The van der Waals surface area contributed by atoms with E-state index < -0.39 is 0 Å². The molecular formula is C11H20N4. The quantitative estimate of drug-likeness (QED) is 0.811. The van der Waals surface area contributed by atoms with Crippen molar-refractivity contribution in [1.29, 1.82) is 0 Å². The van der Waals surface area contributed by atoms with E-state index in [0.29, 0.717) is 6.04 Å². The largest absolute Gasteiger partial charge is 0.328 e. The highest BCUT2D eigenvalue weighted by molar-refractivity contribution is 4.98. The van der Waals surface area contributed by atoms with Gasteiger partial charge in [0.25, 0.3) is 0 Å². The lowest BCUT2D eigenvalue weighted by Gasteiger charge is -2.14. The topological polar surface area (TPSA) is 56.7 Å². The first kappa shape index (κ1) is 10.6. The summed E-state index contributed by atoms with van der Waals surface area (Å²) in [6, 6.07) is 0.300. The molecular weight excluding hydrogens is 188 g/mol. The van der Waals surface area contributed by atoms with Crippen LogP contribution in [0.2, 0.25) is 0 Å². The Kier molecular flexibility index (Phi) is 3.36. The van der Waals surface area contributed by atoms with E-state index >= 15 is 0 Å². The van der Waals surface area contributed by atoms with E-state index in [0.717, 1.165) is 38.1 Å². The van der Waals surface area contributed by atoms with Gasteiger partial charge in [0.2, 0.25) is 0 Å². The minimum atomic E-state index is 0.300. The maximum atomic E-state index is 5.73. The van der Waals surface area contributed by atoms with Gasteiger partial charge in [-0.25, -0.2) is 0 Å². The molecule has 2 N–H and O–H groups in total. The summed E-state index contributed by atoms with van der Waals surface area (Å²) in [7, 11) is 0. The highest BCUT2D eigenvalue weighted by atomic mass is 15.3. The van der Waals surface area contributed by atoms with Gasteiger partial charge in [0.15, 0.2) is 0 Å². The molecule has 1 aliphatic rings. The molecule has 0 aliphatic carbocycles. The second-order valence-electron chi connectivity index (χ2n) is 4.51. The van der Waals surface area contributed by atoms with Crippen LogP contribution in [0, 0.1) is 0 Å². The molecule has 0 bridgehead atoms. The van der Waals surface area contributed by atoms with Crippen molar-refractivity contribution in [3.63, 3.8) is 0 Å². The number of hydrogen-bond acceptors (Lipinski definition) is 3. The molecule has 1 unspecified atom stereocenters. The number of nitrogens with zero attached hydrogens (tertiary/aromatic N) is 3. The summed E-state index contributed by atoms with van der Waals surface area (Å²) in [5.41, 5.74) is 5.73. The standard InChI is InChI=1S/C11H20N4/c1-9(12)5-4-7-11-14-13-10-6-2-3-8-15(10)11/h9H,2-8,12H2,1H3. The smallest absolute Gasteiger partial charge is 0.132 e. The van der Waals surface area contributed by atoms with E-state index in [4.69, 9.17) is 5.73 Å². The Hall–Kier alpha value is -0.900. The highest BCUT2D eigenvalue weighted by Crippen LogP contribution is 2.15. The zero-order chi connectivity index (χ0) is 10.7. The molecule has 2 rings (SSSR count). The van der Waals surface area contributed by atoms with Gasteiger partial charge in [-0.3, -0.25) is 0 Å². The van der Waals surface area contributed by atoms with Gasteiger partial charge < -0.3 is 10.3 Å². The number of aryl methyl sites for hydroxylation is 2. The van der Waals surface area contributed by atoms with Crippen molar-refractivity contribution in [3.05, 3.63) is 11.6 Å². The van der Waals surface area contributed by atoms with Crippen molar-refractivity contribution in [3.8, 4) is 0 Å². The zero-order valence-corrected chi connectivity index (χ0v) is 9.45. The fourth-order valence-corrected chi connectivity index (χ4v) is 2.14. The molecule has 1 aromatic rings. The normalized spacial score (nSPS) is 17.5. The third-order valence-corrected chi connectivity index (χ3v) is 3.00. The van der Waals surface area contributed by atoms with Crippen LogP contribution in [-0.2, 0) is 19.4 Å². The molecule has 0 saturated heterocycles. The first-order valence-corrected chi connectivity index (χ1v) is 5.94.